The Morgan fingerprint density at radius 2 is 2.20 bits per heavy atom. The van der Waals surface area contributed by atoms with Gasteiger partial charge in [-0.1, -0.05) is 0 Å². The van der Waals surface area contributed by atoms with Gasteiger partial charge in [-0.05, 0) is 24.6 Å². The topological polar surface area (TPSA) is 55.6 Å². The Balaban J connectivity index is 1.85. The van der Waals surface area contributed by atoms with Gasteiger partial charge in [-0.15, -0.1) is 0 Å². The predicted octanol–water partition coefficient (Wildman–Crippen LogP) is 2.42. The van der Waals surface area contributed by atoms with Crippen molar-refractivity contribution in [3.05, 3.63) is 47.8 Å². The van der Waals surface area contributed by atoms with Crippen LogP contribution in [-0.2, 0) is 13.6 Å². The first kappa shape index (κ1) is 12.5. The van der Waals surface area contributed by atoms with Crippen molar-refractivity contribution >= 4 is 16.7 Å². The van der Waals surface area contributed by atoms with E-state index in [4.69, 9.17) is 0 Å². The zero-order chi connectivity index (χ0) is 14.1. The highest BCUT2D eigenvalue weighted by Crippen LogP contribution is 2.18. The summed E-state index contributed by atoms with van der Waals surface area (Å²) in [6.45, 7) is 2.45. The molecule has 1 N–H and O–H groups in total. The standard InChI is InChI=1S/C14H14FN5/c1-9-11-5-10(7-18-14(11)20(2)19-9)6-17-13-3-4-16-8-12(13)15/h3-5,7-8H,6H2,1-2H3,(H,16,17). The SMILES string of the molecule is Cc1nn(C)c2ncc(CNc3ccncc3F)cc12. The molecule has 6 heteroatoms. The number of anilines is 1. The quantitative estimate of drug-likeness (QED) is 0.795. The Morgan fingerprint density at radius 3 is 3.00 bits per heavy atom. The van der Waals surface area contributed by atoms with Crippen LogP contribution in [0.5, 0.6) is 0 Å². The van der Waals surface area contributed by atoms with Crippen molar-refractivity contribution in [1.29, 1.82) is 0 Å². The Bertz CT molecular complexity index is 765. The number of rotatable bonds is 3. The minimum Gasteiger partial charge on any atom is -0.378 e. The van der Waals surface area contributed by atoms with Crippen molar-refractivity contribution < 1.29 is 4.39 Å². The van der Waals surface area contributed by atoms with Crippen molar-refractivity contribution in [2.24, 2.45) is 7.05 Å². The number of nitrogens with one attached hydrogen (secondary N) is 1. The normalized spacial score (nSPS) is 10.9. The van der Waals surface area contributed by atoms with E-state index in [0.29, 0.717) is 12.2 Å². The Morgan fingerprint density at radius 1 is 1.35 bits per heavy atom. The Hall–Kier alpha value is -2.50. The molecule has 0 spiro atoms. The lowest BCUT2D eigenvalue weighted by Crippen LogP contribution is -2.02. The van der Waals surface area contributed by atoms with Crippen molar-refractivity contribution in [3.63, 3.8) is 0 Å². The zero-order valence-corrected chi connectivity index (χ0v) is 11.3. The van der Waals surface area contributed by atoms with Crippen LogP contribution in [-0.4, -0.2) is 19.7 Å². The first-order valence-corrected chi connectivity index (χ1v) is 6.27. The number of pyridine rings is 2. The molecule has 3 rings (SSSR count). The highest BCUT2D eigenvalue weighted by molar-refractivity contribution is 5.78. The van der Waals surface area contributed by atoms with Gasteiger partial charge in [0.15, 0.2) is 11.5 Å². The summed E-state index contributed by atoms with van der Waals surface area (Å²) in [6, 6.07) is 3.63. The van der Waals surface area contributed by atoms with Gasteiger partial charge in [-0.25, -0.2) is 9.37 Å². The Kier molecular flexibility index (Phi) is 3.06. The smallest absolute Gasteiger partial charge is 0.164 e. The van der Waals surface area contributed by atoms with Gasteiger partial charge in [0, 0.05) is 31.4 Å². The molecule has 0 aliphatic rings. The van der Waals surface area contributed by atoms with Gasteiger partial charge in [0.1, 0.15) is 0 Å². The first-order chi connectivity index (χ1) is 9.65. The third kappa shape index (κ3) is 2.20. The van der Waals surface area contributed by atoms with E-state index in [-0.39, 0.29) is 5.82 Å². The number of hydrogen-bond acceptors (Lipinski definition) is 4. The first-order valence-electron chi connectivity index (χ1n) is 6.27. The summed E-state index contributed by atoms with van der Waals surface area (Å²) in [7, 11) is 1.87. The molecule has 0 radical (unpaired) electrons. The van der Waals surface area contributed by atoms with Gasteiger partial charge in [0.05, 0.1) is 17.6 Å². The lowest BCUT2D eigenvalue weighted by Gasteiger charge is -2.07. The average molecular weight is 271 g/mol. The summed E-state index contributed by atoms with van der Waals surface area (Å²) in [5.41, 5.74) is 3.20. The molecule has 102 valence electrons. The molecule has 0 atom stereocenters. The zero-order valence-electron chi connectivity index (χ0n) is 11.3. The molecule has 5 nitrogen and oxygen atoms in total. The average Bonchev–Trinajstić information content (AvgIpc) is 2.73. The number of hydrogen-bond donors (Lipinski definition) is 1. The van der Waals surface area contributed by atoms with Crippen LogP contribution in [0.1, 0.15) is 11.3 Å². The molecule has 3 aromatic rings. The minimum absolute atomic E-state index is 0.362. The third-order valence-electron chi connectivity index (χ3n) is 3.18. The number of halogens is 1. The fourth-order valence-corrected chi connectivity index (χ4v) is 2.16. The van der Waals surface area contributed by atoms with E-state index in [2.05, 4.69) is 20.4 Å². The van der Waals surface area contributed by atoms with Crippen LogP contribution in [0.2, 0.25) is 0 Å². The molecule has 20 heavy (non-hydrogen) atoms. The molecule has 0 aliphatic carbocycles. The second-order valence-corrected chi connectivity index (χ2v) is 4.63. The van der Waals surface area contributed by atoms with Crippen molar-refractivity contribution in [2.75, 3.05) is 5.32 Å². The van der Waals surface area contributed by atoms with Crippen LogP contribution in [0.4, 0.5) is 10.1 Å². The summed E-state index contributed by atoms with van der Waals surface area (Å²) in [6.07, 6.45) is 4.52. The van der Waals surface area contributed by atoms with E-state index in [1.54, 1.807) is 23.1 Å². The number of aryl methyl sites for hydroxylation is 2. The molecule has 0 saturated heterocycles. The summed E-state index contributed by atoms with van der Waals surface area (Å²) in [5, 5.41) is 8.38. The molecule has 0 aromatic carbocycles. The lowest BCUT2D eigenvalue weighted by atomic mass is 10.2. The maximum atomic E-state index is 13.5. The van der Waals surface area contributed by atoms with Crippen LogP contribution in [0.3, 0.4) is 0 Å². The third-order valence-corrected chi connectivity index (χ3v) is 3.18. The van der Waals surface area contributed by atoms with Crippen molar-refractivity contribution in [2.45, 2.75) is 13.5 Å². The van der Waals surface area contributed by atoms with E-state index < -0.39 is 0 Å². The van der Waals surface area contributed by atoms with Gasteiger partial charge in [-0.2, -0.15) is 5.10 Å². The predicted molar refractivity (Wildman–Crippen MR) is 74.8 cm³/mol. The van der Waals surface area contributed by atoms with Crippen LogP contribution < -0.4 is 5.32 Å². The fourth-order valence-electron chi connectivity index (χ4n) is 2.16. The van der Waals surface area contributed by atoms with E-state index in [9.17, 15) is 4.39 Å². The molecule has 0 amide bonds. The molecule has 3 aromatic heterocycles. The van der Waals surface area contributed by atoms with Gasteiger partial charge < -0.3 is 5.32 Å². The fraction of sp³-hybridized carbons (Fsp3) is 0.214. The van der Waals surface area contributed by atoms with Gasteiger partial charge in [0.2, 0.25) is 0 Å². The summed E-state index contributed by atoms with van der Waals surface area (Å²) in [5.74, 6) is -0.362. The Labute approximate surface area is 115 Å². The molecule has 0 aliphatic heterocycles. The highest BCUT2D eigenvalue weighted by atomic mass is 19.1. The highest BCUT2D eigenvalue weighted by Gasteiger charge is 2.07. The van der Waals surface area contributed by atoms with E-state index in [1.165, 1.54) is 6.20 Å². The van der Waals surface area contributed by atoms with Crippen LogP contribution in [0.25, 0.3) is 11.0 Å². The molecule has 3 heterocycles. The molecule has 0 fully saturated rings. The van der Waals surface area contributed by atoms with Crippen LogP contribution >= 0.6 is 0 Å². The van der Waals surface area contributed by atoms with Crippen LogP contribution in [0, 0.1) is 12.7 Å². The maximum Gasteiger partial charge on any atom is 0.164 e. The van der Waals surface area contributed by atoms with E-state index in [1.807, 2.05) is 20.0 Å². The number of nitrogens with zero attached hydrogens (tertiary/aromatic N) is 4. The summed E-state index contributed by atoms with van der Waals surface area (Å²) >= 11 is 0. The maximum absolute atomic E-state index is 13.5. The van der Waals surface area contributed by atoms with Crippen molar-refractivity contribution in [3.8, 4) is 0 Å². The number of aromatic nitrogens is 4. The number of fused-ring (bicyclic) bond motifs is 1. The summed E-state index contributed by atoms with van der Waals surface area (Å²) in [4.78, 5) is 8.11. The molecular formula is C14H14FN5. The largest absolute Gasteiger partial charge is 0.378 e. The molecule has 0 saturated carbocycles. The second-order valence-electron chi connectivity index (χ2n) is 4.63. The second kappa shape index (κ2) is 4.88. The molecule has 0 bridgehead atoms. The van der Waals surface area contributed by atoms with E-state index in [0.717, 1.165) is 22.3 Å². The lowest BCUT2D eigenvalue weighted by molar-refractivity contribution is 0.624. The van der Waals surface area contributed by atoms with Crippen LogP contribution in [0.15, 0.2) is 30.7 Å². The monoisotopic (exact) mass is 271 g/mol. The van der Waals surface area contributed by atoms with Gasteiger partial charge in [-0.3, -0.25) is 9.67 Å². The van der Waals surface area contributed by atoms with Gasteiger partial charge in [0.25, 0.3) is 0 Å². The molecular weight excluding hydrogens is 257 g/mol. The molecule has 0 unspecified atom stereocenters. The van der Waals surface area contributed by atoms with E-state index >= 15 is 0 Å². The summed E-state index contributed by atoms with van der Waals surface area (Å²) < 4.78 is 15.2. The minimum atomic E-state index is -0.362. The van der Waals surface area contributed by atoms with Crippen molar-refractivity contribution in [1.82, 2.24) is 19.7 Å². The van der Waals surface area contributed by atoms with Gasteiger partial charge >= 0.3 is 0 Å².